The maximum Gasteiger partial charge on any atom is 0.193 e. The van der Waals surface area contributed by atoms with Crippen LogP contribution in [0.2, 0.25) is 0 Å². The summed E-state index contributed by atoms with van der Waals surface area (Å²) in [6.45, 7) is 1.94. The molecule has 3 rings (SSSR count). The molecule has 0 saturated heterocycles. The highest BCUT2D eigenvalue weighted by molar-refractivity contribution is 7.15. The standard InChI is InChI=1S/C12H11N3OS2/c1-8-7-18-11(13-8)5-10(16)4-9-6-15-2-3-17-12(15)14-9/h2-3,6-7H,4-5H2,1H3. The molecule has 0 fully saturated rings. The molecule has 3 aromatic rings. The molecule has 0 unspecified atom stereocenters. The molecule has 0 aliphatic rings. The zero-order valence-electron chi connectivity index (χ0n) is 9.79. The Labute approximate surface area is 112 Å². The molecule has 0 spiro atoms. The average Bonchev–Trinajstić information content (AvgIpc) is 2.94. The normalized spacial score (nSPS) is 11.2. The number of hydrogen-bond donors (Lipinski definition) is 0. The lowest BCUT2D eigenvalue weighted by atomic mass is 10.2. The average molecular weight is 277 g/mol. The minimum absolute atomic E-state index is 0.162. The summed E-state index contributed by atoms with van der Waals surface area (Å²) in [7, 11) is 0. The predicted molar refractivity (Wildman–Crippen MR) is 72.3 cm³/mol. The number of carbonyl (C=O) groups is 1. The largest absolute Gasteiger partial charge is 0.299 e. The molecule has 0 radical (unpaired) electrons. The molecule has 0 aromatic carbocycles. The van der Waals surface area contributed by atoms with Crippen LogP contribution < -0.4 is 0 Å². The second-order valence-corrected chi connectivity index (χ2v) is 5.92. The highest BCUT2D eigenvalue weighted by Gasteiger charge is 2.11. The van der Waals surface area contributed by atoms with E-state index in [1.54, 1.807) is 11.3 Å². The molecule has 0 bridgehead atoms. The highest BCUT2D eigenvalue weighted by atomic mass is 32.1. The van der Waals surface area contributed by atoms with E-state index in [0.717, 1.165) is 21.4 Å². The number of carbonyl (C=O) groups excluding carboxylic acids is 1. The van der Waals surface area contributed by atoms with E-state index in [1.807, 2.05) is 34.5 Å². The van der Waals surface area contributed by atoms with Crippen LogP contribution >= 0.6 is 22.7 Å². The quantitative estimate of drug-likeness (QED) is 0.736. The van der Waals surface area contributed by atoms with Gasteiger partial charge in [0, 0.05) is 28.8 Å². The third-order valence-electron chi connectivity index (χ3n) is 2.54. The number of aryl methyl sites for hydroxylation is 1. The van der Waals surface area contributed by atoms with Crippen molar-refractivity contribution in [1.82, 2.24) is 14.4 Å². The second-order valence-electron chi connectivity index (χ2n) is 4.10. The summed E-state index contributed by atoms with van der Waals surface area (Å²) in [4.78, 5) is 21.5. The summed E-state index contributed by atoms with van der Waals surface area (Å²) >= 11 is 3.11. The Hall–Kier alpha value is -1.53. The molecule has 4 nitrogen and oxygen atoms in total. The topological polar surface area (TPSA) is 47.3 Å². The molecule has 0 amide bonds. The molecule has 92 valence electrons. The Morgan fingerprint density at radius 3 is 2.94 bits per heavy atom. The van der Waals surface area contributed by atoms with Gasteiger partial charge < -0.3 is 0 Å². The monoisotopic (exact) mass is 277 g/mol. The van der Waals surface area contributed by atoms with Crippen molar-refractivity contribution in [2.75, 3.05) is 0 Å². The molecule has 3 heterocycles. The molecular weight excluding hydrogens is 266 g/mol. The lowest BCUT2D eigenvalue weighted by molar-refractivity contribution is -0.117. The van der Waals surface area contributed by atoms with Gasteiger partial charge in [0.15, 0.2) is 4.96 Å². The number of ketones is 1. The third-order valence-corrected chi connectivity index (χ3v) is 4.27. The van der Waals surface area contributed by atoms with Crippen molar-refractivity contribution < 1.29 is 4.79 Å². The van der Waals surface area contributed by atoms with Crippen molar-refractivity contribution in [3.05, 3.63) is 39.5 Å². The van der Waals surface area contributed by atoms with Gasteiger partial charge in [0.05, 0.1) is 18.5 Å². The maximum atomic E-state index is 11.9. The molecular formula is C12H11N3OS2. The third kappa shape index (κ3) is 2.34. The van der Waals surface area contributed by atoms with E-state index >= 15 is 0 Å². The number of nitrogens with zero attached hydrogens (tertiary/aromatic N) is 3. The van der Waals surface area contributed by atoms with Crippen molar-refractivity contribution in [3.8, 4) is 0 Å². The highest BCUT2D eigenvalue weighted by Crippen LogP contribution is 2.14. The number of fused-ring (bicyclic) bond motifs is 1. The second kappa shape index (κ2) is 4.62. The van der Waals surface area contributed by atoms with Crippen molar-refractivity contribution in [2.24, 2.45) is 0 Å². The van der Waals surface area contributed by atoms with Crippen molar-refractivity contribution in [3.63, 3.8) is 0 Å². The van der Waals surface area contributed by atoms with Crippen LogP contribution in [0.5, 0.6) is 0 Å². The fourth-order valence-electron chi connectivity index (χ4n) is 1.78. The van der Waals surface area contributed by atoms with Crippen LogP contribution in [0.1, 0.15) is 16.4 Å². The van der Waals surface area contributed by atoms with Gasteiger partial charge >= 0.3 is 0 Å². The molecule has 0 aliphatic carbocycles. The van der Waals surface area contributed by atoms with Crippen LogP contribution in [0.3, 0.4) is 0 Å². The van der Waals surface area contributed by atoms with E-state index in [0.29, 0.717) is 12.8 Å². The SMILES string of the molecule is Cc1csc(CC(=O)Cc2cn3ccsc3n2)n1. The molecule has 0 saturated carbocycles. The number of hydrogen-bond acceptors (Lipinski definition) is 5. The van der Waals surface area contributed by atoms with E-state index in [-0.39, 0.29) is 5.78 Å². The van der Waals surface area contributed by atoms with E-state index in [1.165, 1.54) is 11.3 Å². The Morgan fingerprint density at radius 1 is 1.33 bits per heavy atom. The van der Waals surface area contributed by atoms with Gasteiger partial charge in [-0.3, -0.25) is 9.20 Å². The molecule has 0 atom stereocenters. The first-order chi connectivity index (χ1) is 8.70. The lowest BCUT2D eigenvalue weighted by Crippen LogP contribution is -2.06. The van der Waals surface area contributed by atoms with Crippen LogP contribution in [0.15, 0.2) is 23.2 Å². The Bertz CT molecular complexity index is 666. The zero-order valence-corrected chi connectivity index (χ0v) is 11.4. The fraction of sp³-hybridized carbons (Fsp3) is 0.250. The van der Waals surface area contributed by atoms with Crippen molar-refractivity contribution in [1.29, 1.82) is 0 Å². The zero-order chi connectivity index (χ0) is 12.5. The fourth-order valence-corrected chi connectivity index (χ4v) is 3.30. The number of aromatic nitrogens is 3. The minimum Gasteiger partial charge on any atom is -0.299 e. The Balaban J connectivity index is 1.69. The number of thiazole rings is 2. The number of rotatable bonds is 4. The van der Waals surface area contributed by atoms with E-state index in [4.69, 9.17) is 0 Å². The van der Waals surface area contributed by atoms with Gasteiger partial charge in [-0.1, -0.05) is 0 Å². The predicted octanol–water partition coefficient (Wildman–Crippen LogP) is 2.52. The summed E-state index contributed by atoms with van der Waals surface area (Å²) in [6.07, 6.45) is 4.65. The Morgan fingerprint density at radius 2 is 2.22 bits per heavy atom. The molecule has 18 heavy (non-hydrogen) atoms. The summed E-state index contributed by atoms with van der Waals surface area (Å²) < 4.78 is 1.95. The first kappa shape index (κ1) is 11.6. The minimum atomic E-state index is 0.162. The van der Waals surface area contributed by atoms with E-state index in [9.17, 15) is 4.79 Å². The summed E-state index contributed by atoms with van der Waals surface area (Å²) in [5.74, 6) is 0.162. The molecule has 3 aromatic heterocycles. The molecule has 6 heteroatoms. The van der Waals surface area contributed by atoms with Crippen molar-refractivity contribution in [2.45, 2.75) is 19.8 Å². The van der Waals surface area contributed by atoms with Gasteiger partial charge in [-0.05, 0) is 6.92 Å². The maximum absolute atomic E-state index is 11.9. The lowest BCUT2D eigenvalue weighted by Gasteiger charge is -1.94. The Kier molecular flexibility index (Phi) is 2.97. The molecule has 0 N–H and O–H groups in total. The van der Waals surface area contributed by atoms with Crippen LogP contribution in [0.4, 0.5) is 0 Å². The van der Waals surface area contributed by atoms with Gasteiger partial charge in [-0.25, -0.2) is 9.97 Å². The van der Waals surface area contributed by atoms with Crippen LogP contribution in [0.25, 0.3) is 4.96 Å². The van der Waals surface area contributed by atoms with Gasteiger partial charge in [0.2, 0.25) is 0 Å². The van der Waals surface area contributed by atoms with Crippen LogP contribution in [-0.2, 0) is 17.6 Å². The number of Topliss-reactive ketones (excluding diaryl/α,β-unsaturated/α-hetero) is 1. The van der Waals surface area contributed by atoms with E-state index in [2.05, 4.69) is 9.97 Å². The first-order valence-electron chi connectivity index (χ1n) is 5.54. The van der Waals surface area contributed by atoms with Crippen LogP contribution in [-0.4, -0.2) is 20.2 Å². The number of imidazole rings is 1. The first-order valence-corrected chi connectivity index (χ1v) is 7.30. The van der Waals surface area contributed by atoms with Gasteiger partial charge in [-0.2, -0.15) is 0 Å². The smallest absolute Gasteiger partial charge is 0.193 e. The van der Waals surface area contributed by atoms with Crippen molar-refractivity contribution >= 4 is 33.4 Å². The van der Waals surface area contributed by atoms with Gasteiger partial charge in [-0.15, -0.1) is 22.7 Å². The summed E-state index contributed by atoms with van der Waals surface area (Å²) in [5, 5.41) is 4.83. The summed E-state index contributed by atoms with van der Waals surface area (Å²) in [5.41, 5.74) is 1.81. The van der Waals surface area contributed by atoms with Crippen LogP contribution in [0, 0.1) is 6.92 Å². The van der Waals surface area contributed by atoms with Gasteiger partial charge in [0.25, 0.3) is 0 Å². The van der Waals surface area contributed by atoms with E-state index < -0.39 is 0 Å². The summed E-state index contributed by atoms with van der Waals surface area (Å²) in [6, 6.07) is 0. The molecule has 0 aliphatic heterocycles. The van der Waals surface area contributed by atoms with Gasteiger partial charge in [0.1, 0.15) is 10.8 Å².